The number of ether oxygens (including phenoxy) is 10. The Bertz CT molecular complexity index is 2160. The molecular weight excluding hydrogens is 877 g/mol. The van der Waals surface area contributed by atoms with Crippen LogP contribution in [-0.2, 0) is 49.1 Å². The molecule has 9 rings (SSSR count). The highest BCUT2D eigenvalue weighted by molar-refractivity contribution is 6.42. The van der Waals surface area contributed by atoms with Crippen molar-refractivity contribution in [2.75, 3.05) is 0 Å². The number of Topliss-reactive ketones (excluding diaryl/α,β-unsaturated/α-hetero) is 2. The van der Waals surface area contributed by atoms with Gasteiger partial charge < -0.3 is 78.0 Å². The number of benzene rings is 2. The normalized spacial score (nSPS) is 41.3. The highest BCUT2D eigenvalue weighted by Crippen LogP contribution is 2.46. The van der Waals surface area contributed by atoms with Crippen molar-refractivity contribution in [2.45, 2.75) is 210 Å². The van der Waals surface area contributed by atoms with Crippen molar-refractivity contribution < 1.29 is 87.6 Å². The van der Waals surface area contributed by atoms with E-state index in [0.29, 0.717) is 31.2 Å². The van der Waals surface area contributed by atoms with Crippen LogP contribution in [0.4, 0.5) is 0 Å². The third-order valence-corrected chi connectivity index (χ3v) is 14.3. The van der Waals surface area contributed by atoms with Gasteiger partial charge in [-0.15, -0.1) is 0 Å². The smallest absolute Gasteiger partial charge is 0.202 e. The molecule has 0 amide bonds. The van der Waals surface area contributed by atoms with Gasteiger partial charge in [0.05, 0.1) is 72.7 Å². The van der Waals surface area contributed by atoms with E-state index in [9.17, 15) is 40.2 Å². The fourth-order valence-corrected chi connectivity index (χ4v) is 10.7. The second kappa shape index (κ2) is 19.8. The second-order valence-electron chi connectivity index (χ2n) is 19.2. The van der Waals surface area contributed by atoms with Gasteiger partial charge in [0.15, 0.2) is 36.7 Å². The first-order valence-electron chi connectivity index (χ1n) is 23.7. The van der Waals surface area contributed by atoms with Gasteiger partial charge in [-0.2, -0.15) is 0 Å². The lowest BCUT2D eigenvalue weighted by atomic mass is 9.73. The van der Waals surface area contributed by atoms with Gasteiger partial charge in [0.25, 0.3) is 0 Å². The van der Waals surface area contributed by atoms with Crippen LogP contribution in [0.15, 0.2) is 35.9 Å². The number of ketones is 2. The van der Waals surface area contributed by atoms with E-state index in [-0.39, 0.29) is 89.4 Å². The van der Waals surface area contributed by atoms with Crippen LogP contribution in [0.5, 0.6) is 11.5 Å². The number of phenols is 1. The number of aliphatic hydroxyl groups excluding tert-OH is 5. The van der Waals surface area contributed by atoms with E-state index >= 15 is 0 Å². The molecule has 67 heavy (non-hydrogen) atoms. The minimum absolute atomic E-state index is 0.0206. The van der Waals surface area contributed by atoms with Gasteiger partial charge in [-0.25, -0.2) is 0 Å². The first-order valence-corrected chi connectivity index (χ1v) is 23.7. The number of carbonyl (C=O) groups excluding carboxylic acids is 2. The minimum Gasteiger partial charge on any atom is -0.507 e. The summed E-state index contributed by atoms with van der Waals surface area (Å²) in [5.41, 5.74) is 1.49. The molecule has 368 valence electrons. The van der Waals surface area contributed by atoms with E-state index in [1.165, 1.54) is 18.2 Å². The maximum atomic E-state index is 14.1. The number of hydrogen-bond donors (Lipinski definition) is 6. The first-order chi connectivity index (χ1) is 31.9. The number of hydrogen-bond acceptors (Lipinski definition) is 18. The molecule has 7 aliphatic rings. The van der Waals surface area contributed by atoms with Crippen molar-refractivity contribution in [3.8, 4) is 11.5 Å². The van der Waals surface area contributed by atoms with Gasteiger partial charge in [-0.3, -0.25) is 9.59 Å². The maximum Gasteiger partial charge on any atom is 0.202 e. The Labute approximate surface area is 388 Å². The Morgan fingerprint density at radius 1 is 0.582 bits per heavy atom. The van der Waals surface area contributed by atoms with Crippen LogP contribution < -0.4 is 4.74 Å². The summed E-state index contributed by atoms with van der Waals surface area (Å²) in [4.78, 5) is 28.2. The number of aliphatic hydroxyl groups is 5. The van der Waals surface area contributed by atoms with Gasteiger partial charge in [0.1, 0.15) is 29.8 Å². The molecular formula is C49H64O18. The maximum absolute atomic E-state index is 14.1. The summed E-state index contributed by atoms with van der Waals surface area (Å²) in [6.07, 6.45) is -11.0. The molecule has 0 radical (unpaired) electrons. The summed E-state index contributed by atoms with van der Waals surface area (Å²) >= 11 is 0. The quantitative estimate of drug-likeness (QED) is 0.200. The summed E-state index contributed by atoms with van der Waals surface area (Å²) in [6, 6.07) is 7.92. The Morgan fingerprint density at radius 2 is 1.16 bits per heavy atom. The predicted octanol–water partition coefficient (Wildman–Crippen LogP) is 3.27. The number of aromatic hydroxyl groups is 1. The number of phenolic OH excluding ortho intramolecular Hbond substituents is 1. The van der Waals surface area contributed by atoms with Crippen LogP contribution in [0.25, 0.3) is 5.57 Å². The van der Waals surface area contributed by atoms with Crippen LogP contribution >= 0.6 is 0 Å². The zero-order chi connectivity index (χ0) is 47.6. The molecule has 2 aromatic rings. The third kappa shape index (κ3) is 9.86. The van der Waals surface area contributed by atoms with E-state index in [1.807, 2.05) is 13.8 Å². The van der Waals surface area contributed by atoms with Crippen LogP contribution in [0.2, 0.25) is 0 Å². The largest absolute Gasteiger partial charge is 0.507 e. The molecule has 0 unspecified atom stereocenters. The SMILES string of the molecule is Cc1cc(O)c2c(c1)C[C@H](O)C1=C2C(=O)c2cccc(O[C@@H]3C[C@H](O)[C@@H](O[C@@H]4C[C@@H](O[C@@H]5CC[C@H](O[C@H]6CC[C@H](O[C@@H]7C[C@@H](O)[C@H](O)[C@H](C)O7)[C@@H](C)O6)[C@H](C)O5)[C@@H](O)[C@H](C)O4)[C@H](C)O3)c2C1=O. The van der Waals surface area contributed by atoms with Crippen molar-refractivity contribution in [2.24, 2.45) is 0 Å². The average Bonchev–Trinajstić information content (AvgIpc) is 3.26. The highest BCUT2D eigenvalue weighted by atomic mass is 16.7. The molecule has 2 aliphatic carbocycles. The lowest BCUT2D eigenvalue weighted by molar-refractivity contribution is -0.331. The Balaban J connectivity index is 0.765. The summed E-state index contributed by atoms with van der Waals surface area (Å²) < 4.78 is 61.8. The van der Waals surface area contributed by atoms with Crippen LogP contribution in [-0.4, -0.2) is 159 Å². The molecule has 0 saturated carbocycles. The molecule has 5 heterocycles. The van der Waals surface area contributed by atoms with E-state index in [4.69, 9.17) is 47.4 Å². The molecule has 6 N–H and O–H groups in total. The summed E-state index contributed by atoms with van der Waals surface area (Å²) in [7, 11) is 0. The zero-order valence-electron chi connectivity index (χ0n) is 38.6. The summed E-state index contributed by atoms with van der Waals surface area (Å²) in [6.45, 7) is 10.7. The average molecular weight is 941 g/mol. The number of aryl methyl sites for hydroxylation is 1. The van der Waals surface area contributed by atoms with Gasteiger partial charge in [-0.05, 0) is 77.6 Å². The van der Waals surface area contributed by atoms with Crippen molar-refractivity contribution in [1.82, 2.24) is 0 Å². The standard InChI is InChI=1S/C49H64O18/c1-20-14-26-16-29(51)43-44(41(26)28(50)15-20)47(56)27-8-7-9-34(42(27)48(43)57)65-39-18-31(53)49(25(6)62-39)67-40-19-35(46(55)24(5)61-40)66-37-13-10-32(21(2)59-37)63-36-12-11-33(22(3)58-36)64-38-17-30(52)45(54)23(4)60-38/h7-9,14-15,21-25,29-33,35-40,45-46,49-55H,10-13,16-19H2,1-6H3/t21-,22+,23-,24-,25-,29-,30+,31-,32-,33-,35+,36-,37+,38+,39+,40+,45+,46-,49-/m0/s1. The molecule has 0 bridgehead atoms. The van der Waals surface area contributed by atoms with Gasteiger partial charge in [0, 0.05) is 60.8 Å². The Hall–Kier alpha value is -3.44. The van der Waals surface area contributed by atoms with Crippen LogP contribution in [0, 0.1) is 6.92 Å². The monoisotopic (exact) mass is 940 g/mol. The molecule has 5 aliphatic heterocycles. The number of rotatable bonds is 10. The van der Waals surface area contributed by atoms with Gasteiger partial charge in [-0.1, -0.05) is 18.2 Å². The zero-order valence-corrected chi connectivity index (χ0v) is 38.6. The van der Waals surface area contributed by atoms with E-state index in [2.05, 4.69) is 0 Å². The van der Waals surface area contributed by atoms with E-state index in [0.717, 1.165) is 5.56 Å². The Kier molecular flexibility index (Phi) is 14.3. The number of fused-ring (bicyclic) bond motifs is 3. The van der Waals surface area contributed by atoms with Gasteiger partial charge in [0.2, 0.25) is 6.29 Å². The molecule has 0 aromatic heterocycles. The topological polar surface area (TPSA) is 248 Å². The first kappa shape index (κ1) is 48.6. The molecule has 19 atom stereocenters. The van der Waals surface area contributed by atoms with Crippen molar-refractivity contribution in [3.63, 3.8) is 0 Å². The lowest BCUT2D eigenvalue weighted by Gasteiger charge is -2.44. The highest BCUT2D eigenvalue weighted by Gasteiger charge is 2.47. The number of carbonyl (C=O) groups is 2. The van der Waals surface area contributed by atoms with Crippen molar-refractivity contribution in [3.05, 3.63) is 63.7 Å². The fraction of sp³-hybridized carbons (Fsp3) is 0.673. The van der Waals surface area contributed by atoms with Crippen molar-refractivity contribution >= 4 is 17.1 Å². The van der Waals surface area contributed by atoms with Crippen LogP contribution in [0.3, 0.4) is 0 Å². The predicted molar refractivity (Wildman–Crippen MR) is 233 cm³/mol. The molecule has 5 fully saturated rings. The Morgan fingerprint density at radius 3 is 1.81 bits per heavy atom. The van der Waals surface area contributed by atoms with Crippen molar-refractivity contribution in [1.29, 1.82) is 0 Å². The minimum atomic E-state index is -1.28. The summed E-state index contributed by atoms with van der Waals surface area (Å²) in [5, 5.41) is 64.8. The fourth-order valence-electron chi connectivity index (χ4n) is 10.7. The summed E-state index contributed by atoms with van der Waals surface area (Å²) in [5.74, 6) is -1.20. The van der Waals surface area contributed by atoms with E-state index in [1.54, 1.807) is 39.8 Å². The van der Waals surface area contributed by atoms with Gasteiger partial charge >= 0.3 is 0 Å². The molecule has 5 saturated heterocycles. The lowest BCUT2D eigenvalue weighted by Crippen LogP contribution is -2.55. The number of allylic oxidation sites excluding steroid dienone is 1. The second-order valence-corrected chi connectivity index (χ2v) is 19.2. The third-order valence-electron chi connectivity index (χ3n) is 14.3. The van der Waals surface area contributed by atoms with Crippen LogP contribution in [0.1, 0.15) is 117 Å². The molecule has 2 aromatic carbocycles. The molecule has 0 spiro atoms. The molecule has 18 nitrogen and oxygen atoms in total. The molecule has 18 heteroatoms. The van der Waals surface area contributed by atoms with E-state index < -0.39 is 104 Å².